The van der Waals surface area contributed by atoms with Gasteiger partial charge in [-0.1, -0.05) is 33.1 Å². The molecule has 9 nitrogen and oxygen atoms in total. The molecule has 0 bridgehead atoms. The molecule has 1 saturated heterocycles. The molecule has 1 fully saturated rings. The Bertz CT molecular complexity index is 861. The van der Waals surface area contributed by atoms with Crippen LogP contribution >= 0.6 is 0 Å². The zero-order chi connectivity index (χ0) is 26.5. The van der Waals surface area contributed by atoms with Crippen LogP contribution in [0.2, 0.25) is 0 Å². The summed E-state index contributed by atoms with van der Waals surface area (Å²) in [5.41, 5.74) is 0.687. The number of benzene rings is 1. The van der Waals surface area contributed by atoms with Crippen molar-refractivity contribution in [2.45, 2.75) is 77.5 Å². The zero-order valence-corrected chi connectivity index (χ0v) is 22.3. The van der Waals surface area contributed by atoms with E-state index in [2.05, 4.69) is 12.2 Å². The summed E-state index contributed by atoms with van der Waals surface area (Å²) in [7, 11) is 4.65. The fraction of sp³-hybridized carbons (Fsp3) is 0.667. The van der Waals surface area contributed by atoms with Crippen LogP contribution in [-0.4, -0.2) is 69.2 Å². The highest BCUT2D eigenvalue weighted by atomic mass is 16.5. The van der Waals surface area contributed by atoms with Crippen LogP contribution in [0.5, 0.6) is 11.5 Å². The molecule has 3 atom stereocenters. The molecule has 0 aromatic heterocycles. The molecule has 1 aliphatic heterocycles. The van der Waals surface area contributed by atoms with Crippen molar-refractivity contribution < 1.29 is 33.3 Å². The molecular weight excluding hydrogens is 464 g/mol. The predicted octanol–water partition coefficient (Wildman–Crippen LogP) is 3.48. The first-order valence-corrected chi connectivity index (χ1v) is 12.8. The van der Waals surface area contributed by atoms with E-state index in [1.165, 1.54) is 7.11 Å². The Morgan fingerprint density at radius 1 is 1.11 bits per heavy atom. The molecule has 2 rings (SSSR count). The number of likely N-dealkylation sites (tertiary alicyclic amines) is 1. The van der Waals surface area contributed by atoms with Crippen molar-refractivity contribution in [1.82, 2.24) is 10.2 Å². The zero-order valence-electron chi connectivity index (χ0n) is 22.3. The van der Waals surface area contributed by atoms with Gasteiger partial charge in [0.1, 0.15) is 24.7 Å². The maximum absolute atomic E-state index is 12.8. The Labute approximate surface area is 214 Å². The van der Waals surface area contributed by atoms with Crippen molar-refractivity contribution in [1.29, 1.82) is 0 Å². The van der Waals surface area contributed by atoms with Gasteiger partial charge in [0.25, 0.3) is 0 Å². The van der Waals surface area contributed by atoms with E-state index < -0.39 is 18.0 Å². The lowest BCUT2D eigenvalue weighted by Crippen LogP contribution is -2.50. The maximum atomic E-state index is 12.8. The van der Waals surface area contributed by atoms with Crippen LogP contribution in [-0.2, 0) is 30.5 Å². The number of carbonyl (C=O) groups excluding carboxylic acids is 3. The summed E-state index contributed by atoms with van der Waals surface area (Å²) in [5, 5.41) is 2.65. The number of esters is 1. The highest BCUT2D eigenvalue weighted by molar-refractivity contribution is 5.84. The van der Waals surface area contributed by atoms with E-state index in [1.807, 2.05) is 4.90 Å². The number of hydrogen-bond acceptors (Lipinski definition) is 7. The number of hydrogen-bond donors (Lipinski definition) is 1. The smallest absolute Gasteiger partial charge is 0.325 e. The third-order valence-electron chi connectivity index (χ3n) is 6.71. The van der Waals surface area contributed by atoms with Crippen molar-refractivity contribution in [2.24, 2.45) is 5.92 Å². The number of methoxy groups -OCH3 is 3. The van der Waals surface area contributed by atoms with Gasteiger partial charge in [0, 0.05) is 31.7 Å². The first-order valence-electron chi connectivity index (χ1n) is 12.8. The number of unbranched alkanes of at least 4 members (excludes halogenated alkanes) is 3. The summed E-state index contributed by atoms with van der Waals surface area (Å²) >= 11 is 0. The third-order valence-corrected chi connectivity index (χ3v) is 6.71. The van der Waals surface area contributed by atoms with Crippen LogP contribution in [0.15, 0.2) is 18.2 Å². The topological polar surface area (TPSA) is 103 Å². The van der Waals surface area contributed by atoms with Gasteiger partial charge in [0.15, 0.2) is 0 Å². The summed E-state index contributed by atoms with van der Waals surface area (Å²) in [5.74, 6) is -0.113. The molecule has 202 valence electrons. The van der Waals surface area contributed by atoms with Gasteiger partial charge in [0.2, 0.25) is 11.8 Å². The Kier molecular flexibility index (Phi) is 12.5. The van der Waals surface area contributed by atoms with Crippen LogP contribution < -0.4 is 14.8 Å². The second-order valence-corrected chi connectivity index (χ2v) is 9.15. The standard InChI is InChI=1S/C27H42N2O7/c1-6-7-8-9-12-24(30)29-15-10-11-22(29)26(35-5)19(2)27(32)28-17-25(31)36-18-20-13-14-21(33-3)16-23(20)34-4/h13-14,16,19,22,26H,6-12,15,17-18H2,1-5H3,(H,28,32). The number of ether oxygens (including phenoxy) is 4. The Balaban J connectivity index is 1.86. The van der Waals surface area contributed by atoms with Gasteiger partial charge in [-0.05, 0) is 31.4 Å². The van der Waals surface area contributed by atoms with E-state index in [-0.39, 0.29) is 31.0 Å². The van der Waals surface area contributed by atoms with Gasteiger partial charge in [-0.25, -0.2) is 0 Å². The number of nitrogens with zero attached hydrogens (tertiary/aromatic N) is 1. The number of amides is 2. The third kappa shape index (κ3) is 8.40. The normalized spacial score (nSPS) is 16.8. The average molecular weight is 507 g/mol. The summed E-state index contributed by atoms with van der Waals surface area (Å²) in [6.07, 6.45) is 5.95. The Hall–Kier alpha value is -2.81. The van der Waals surface area contributed by atoms with Gasteiger partial charge in [-0.3, -0.25) is 14.4 Å². The van der Waals surface area contributed by atoms with Gasteiger partial charge in [0.05, 0.1) is 32.3 Å². The predicted molar refractivity (Wildman–Crippen MR) is 136 cm³/mol. The molecule has 36 heavy (non-hydrogen) atoms. The molecule has 1 aliphatic rings. The molecule has 0 saturated carbocycles. The van der Waals surface area contributed by atoms with Crippen molar-refractivity contribution in [2.75, 3.05) is 34.4 Å². The van der Waals surface area contributed by atoms with Crippen LogP contribution in [0.1, 0.15) is 64.4 Å². The van der Waals surface area contributed by atoms with Crippen LogP contribution in [0.25, 0.3) is 0 Å². The average Bonchev–Trinajstić information content (AvgIpc) is 3.38. The molecule has 0 aliphatic carbocycles. The lowest BCUT2D eigenvalue weighted by Gasteiger charge is -2.34. The largest absolute Gasteiger partial charge is 0.497 e. The van der Waals surface area contributed by atoms with E-state index in [0.29, 0.717) is 30.0 Å². The van der Waals surface area contributed by atoms with Gasteiger partial charge in [-0.15, -0.1) is 0 Å². The molecule has 2 amide bonds. The number of rotatable bonds is 15. The van der Waals surface area contributed by atoms with E-state index in [9.17, 15) is 14.4 Å². The molecule has 0 spiro atoms. The molecule has 9 heteroatoms. The lowest BCUT2D eigenvalue weighted by atomic mass is 9.94. The first-order chi connectivity index (χ1) is 17.4. The highest BCUT2D eigenvalue weighted by Gasteiger charge is 2.39. The van der Waals surface area contributed by atoms with E-state index in [0.717, 1.165) is 38.5 Å². The van der Waals surface area contributed by atoms with Crippen molar-refractivity contribution in [3.05, 3.63) is 23.8 Å². The minimum Gasteiger partial charge on any atom is -0.497 e. The van der Waals surface area contributed by atoms with Crippen molar-refractivity contribution in [3.63, 3.8) is 0 Å². The van der Waals surface area contributed by atoms with Gasteiger partial charge < -0.3 is 29.2 Å². The molecule has 1 aromatic carbocycles. The van der Waals surface area contributed by atoms with Gasteiger partial charge in [-0.2, -0.15) is 0 Å². The van der Waals surface area contributed by atoms with Crippen molar-refractivity contribution in [3.8, 4) is 11.5 Å². The molecule has 1 heterocycles. The Morgan fingerprint density at radius 2 is 1.89 bits per heavy atom. The van der Waals surface area contributed by atoms with Crippen LogP contribution in [0, 0.1) is 5.92 Å². The van der Waals surface area contributed by atoms with Gasteiger partial charge >= 0.3 is 5.97 Å². The summed E-state index contributed by atoms with van der Waals surface area (Å²) in [6, 6.07) is 5.07. The number of carbonyl (C=O) groups is 3. The molecular formula is C27H42N2O7. The summed E-state index contributed by atoms with van der Waals surface area (Å²) in [6.45, 7) is 4.34. The monoisotopic (exact) mass is 506 g/mol. The van der Waals surface area contributed by atoms with E-state index in [4.69, 9.17) is 18.9 Å². The quantitative estimate of drug-likeness (QED) is 0.287. The fourth-order valence-corrected chi connectivity index (χ4v) is 4.63. The molecule has 3 unspecified atom stereocenters. The van der Waals surface area contributed by atoms with Crippen LogP contribution in [0.4, 0.5) is 0 Å². The molecule has 0 radical (unpaired) electrons. The highest BCUT2D eigenvalue weighted by Crippen LogP contribution is 2.28. The first kappa shape index (κ1) is 29.4. The lowest BCUT2D eigenvalue weighted by molar-refractivity contribution is -0.146. The maximum Gasteiger partial charge on any atom is 0.325 e. The van der Waals surface area contributed by atoms with Crippen molar-refractivity contribution >= 4 is 17.8 Å². The van der Waals surface area contributed by atoms with Crippen LogP contribution in [0.3, 0.4) is 0 Å². The minimum absolute atomic E-state index is 0.00945. The fourth-order valence-electron chi connectivity index (χ4n) is 4.63. The van der Waals surface area contributed by atoms with E-state index in [1.54, 1.807) is 39.3 Å². The summed E-state index contributed by atoms with van der Waals surface area (Å²) < 4.78 is 21.5. The SMILES string of the molecule is CCCCCCC(=O)N1CCCC1C(OC)C(C)C(=O)NCC(=O)OCc1ccc(OC)cc1OC. The molecule has 1 aromatic rings. The minimum atomic E-state index is -0.563. The van der Waals surface area contributed by atoms with E-state index >= 15 is 0 Å². The second-order valence-electron chi connectivity index (χ2n) is 9.15. The molecule has 1 N–H and O–H groups in total. The second kappa shape index (κ2) is 15.3. The summed E-state index contributed by atoms with van der Waals surface area (Å²) in [4.78, 5) is 39.8. The number of nitrogens with one attached hydrogen (secondary N) is 1. The Morgan fingerprint density at radius 3 is 2.56 bits per heavy atom.